The number of benzene rings is 1. The molecule has 0 spiro atoms. The maximum Gasteiger partial charge on any atom is 0.124 e. The summed E-state index contributed by atoms with van der Waals surface area (Å²) in [4.78, 5) is 0. The first-order valence-corrected chi connectivity index (χ1v) is 7.20. The van der Waals surface area contributed by atoms with Gasteiger partial charge < -0.3 is 10.1 Å². The molecular formula is C16H25NO. The van der Waals surface area contributed by atoms with E-state index < -0.39 is 0 Å². The fraction of sp³-hybridized carbons (Fsp3) is 0.625. The van der Waals surface area contributed by atoms with Gasteiger partial charge in [0.15, 0.2) is 0 Å². The van der Waals surface area contributed by atoms with Crippen LogP contribution in [0.25, 0.3) is 0 Å². The third-order valence-electron chi connectivity index (χ3n) is 4.01. The van der Waals surface area contributed by atoms with Crippen molar-refractivity contribution >= 4 is 0 Å². The van der Waals surface area contributed by atoms with Gasteiger partial charge in [-0.2, -0.15) is 0 Å². The van der Waals surface area contributed by atoms with Crippen LogP contribution in [0.1, 0.15) is 51.6 Å². The average Bonchev–Trinajstić information content (AvgIpc) is 2.76. The molecule has 1 aromatic carbocycles. The lowest BCUT2D eigenvalue weighted by Gasteiger charge is -2.24. The van der Waals surface area contributed by atoms with Crippen LogP contribution < -0.4 is 10.1 Å². The molecule has 1 N–H and O–H groups in total. The molecule has 0 aliphatic heterocycles. The normalized spacial score (nSPS) is 25.1. The summed E-state index contributed by atoms with van der Waals surface area (Å²) < 4.78 is 5.71. The largest absolute Gasteiger partial charge is 0.494 e. The van der Waals surface area contributed by atoms with Gasteiger partial charge in [0.05, 0.1) is 6.61 Å². The molecule has 1 aromatic rings. The topological polar surface area (TPSA) is 21.3 Å². The van der Waals surface area contributed by atoms with Crippen LogP contribution in [0.2, 0.25) is 0 Å². The molecule has 18 heavy (non-hydrogen) atoms. The highest BCUT2D eigenvalue weighted by molar-refractivity contribution is 5.35. The highest BCUT2D eigenvalue weighted by Gasteiger charge is 2.25. The lowest BCUT2D eigenvalue weighted by Crippen LogP contribution is -2.33. The van der Waals surface area contributed by atoms with Crippen LogP contribution in [0, 0.1) is 5.92 Å². The Morgan fingerprint density at radius 2 is 2.11 bits per heavy atom. The minimum absolute atomic E-state index is 0.360. The van der Waals surface area contributed by atoms with Gasteiger partial charge in [-0.15, -0.1) is 0 Å². The number of ether oxygens (including phenoxy) is 1. The zero-order valence-electron chi connectivity index (χ0n) is 11.8. The summed E-state index contributed by atoms with van der Waals surface area (Å²) in [5, 5.41) is 3.76. The van der Waals surface area contributed by atoms with Crippen LogP contribution in [0.5, 0.6) is 5.75 Å². The number of rotatable bonds is 5. The Kier molecular flexibility index (Phi) is 4.65. The first-order chi connectivity index (χ1) is 8.72. The van der Waals surface area contributed by atoms with Crippen molar-refractivity contribution in [2.24, 2.45) is 5.92 Å². The van der Waals surface area contributed by atoms with Crippen LogP contribution in [-0.4, -0.2) is 12.6 Å². The standard InChI is InChI=1S/C16H25NO/c1-4-18-16-11-6-5-9-14(16)13(3)17-15-10-7-8-12(15)2/h5-6,9,11-13,15,17H,4,7-8,10H2,1-3H3. The van der Waals surface area contributed by atoms with E-state index in [0.717, 1.165) is 18.3 Å². The Labute approximate surface area is 111 Å². The maximum atomic E-state index is 5.71. The van der Waals surface area contributed by atoms with Crippen molar-refractivity contribution in [3.8, 4) is 5.75 Å². The molecule has 2 nitrogen and oxygen atoms in total. The molecule has 3 atom stereocenters. The fourth-order valence-corrected chi connectivity index (χ4v) is 2.93. The highest BCUT2D eigenvalue weighted by Crippen LogP contribution is 2.30. The van der Waals surface area contributed by atoms with E-state index in [0.29, 0.717) is 12.1 Å². The summed E-state index contributed by atoms with van der Waals surface area (Å²) in [5.74, 6) is 1.82. The lowest BCUT2D eigenvalue weighted by atomic mass is 10.0. The van der Waals surface area contributed by atoms with E-state index in [1.165, 1.54) is 24.8 Å². The van der Waals surface area contributed by atoms with Gasteiger partial charge >= 0.3 is 0 Å². The van der Waals surface area contributed by atoms with E-state index >= 15 is 0 Å². The monoisotopic (exact) mass is 247 g/mol. The molecule has 100 valence electrons. The predicted octanol–water partition coefficient (Wildman–Crippen LogP) is 3.92. The van der Waals surface area contributed by atoms with Crippen LogP contribution >= 0.6 is 0 Å². The first-order valence-electron chi connectivity index (χ1n) is 7.20. The molecule has 0 saturated heterocycles. The van der Waals surface area contributed by atoms with Crippen LogP contribution in [0.3, 0.4) is 0 Å². The minimum atomic E-state index is 0.360. The summed E-state index contributed by atoms with van der Waals surface area (Å²) in [5.41, 5.74) is 1.28. The second-order valence-corrected chi connectivity index (χ2v) is 5.37. The molecule has 0 bridgehead atoms. The summed E-state index contributed by atoms with van der Waals surface area (Å²) in [6, 6.07) is 9.39. The van der Waals surface area contributed by atoms with Crippen molar-refractivity contribution < 1.29 is 4.74 Å². The van der Waals surface area contributed by atoms with E-state index in [9.17, 15) is 0 Å². The second-order valence-electron chi connectivity index (χ2n) is 5.37. The van der Waals surface area contributed by atoms with Gasteiger partial charge in [-0.25, -0.2) is 0 Å². The summed E-state index contributed by atoms with van der Waals surface area (Å²) in [6.45, 7) is 7.35. The van der Waals surface area contributed by atoms with E-state index in [1.54, 1.807) is 0 Å². The van der Waals surface area contributed by atoms with Gasteiger partial charge in [0.1, 0.15) is 5.75 Å². The van der Waals surface area contributed by atoms with E-state index in [1.807, 2.05) is 13.0 Å². The third kappa shape index (κ3) is 3.05. The lowest BCUT2D eigenvalue weighted by molar-refractivity contribution is 0.326. The number of para-hydroxylation sites is 1. The molecular weight excluding hydrogens is 222 g/mol. The Hall–Kier alpha value is -1.02. The summed E-state index contributed by atoms with van der Waals surface area (Å²) >= 11 is 0. The molecule has 1 aliphatic rings. The van der Waals surface area contributed by atoms with Crippen molar-refractivity contribution in [2.45, 2.75) is 52.1 Å². The zero-order valence-corrected chi connectivity index (χ0v) is 11.8. The van der Waals surface area contributed by atoms with Gasteiger partial charge in [0.2, 0.25) is 0 Å². The Morgan fingerprint density at radius 1 is 1.33 bits per heavy atom. The van der Waals surface area contributed by atoms with E-state index in [4.69, 9.17) is 4.74 Å². The van der Waals surface area contributed by atoms with Crippen LogP contribution in [0.4, 0.5) is 0 Å². The molecule has 0 radical (unpaired) electrons. The molecule has 1 aliphatic carbocycles. The van der Waals surface area contributed by atoms with Crippen LogP contribution in [0.15, 0.2) is 24.3 Å². The predicted molar refractivity (Wildman–Crippen MR) is 76.0 cm³/mol. The Morgan fingerprint density at radius 3 is 2.78 bits per heavy atom. The van der Waals surface area contributed by atoms with Crippen molar-refractivity contribution in [3.63, 3.8) is 0 Å². The quantitative estimate of drug-likeness (QED) is 0.851. The molecule has 0 aromatic heterocycles. The number of hydrogen-bond donors (Lipinski definition) is 1. The van der Waals surface area contributed by atoms with E-state index in [-0.39, 0.29) is 0 Å². The summed E-state index contributed by atoms with van der Waals surface area (Å²) in [6.07, 6.45) is 4.03. The Balaban J connectivity index is 2.05. The smallest absolute Gasteiger partial charge is 0.124 e. The van der Waals surface area contributed by atoms with E-state index in [2.05, 4.69) is 37.4 Å². The Bertz CT molecular complexity index is 377. The molecule has 2 heteroatoms. The number of hydrogen-bond acceptors (Lipinski definition) is 2. The second kappa shape index (κ2) is 6.24. The van der Waals surface area contributed by atoms with Crippen molar-refractivity contribution in [1.29, 1.82) is 0 Å². The van der Waals surface area contributed by atoms with Crippen molar-refractivity contribution in [1.82, 2.24) is 5.32 Å². The summed E-state index contributed by atoms with van der Waals surface area (Å²) in [7, 11) is 0. The molecule has 0 heterocycles. The minimum Gasteiger partial charge on any atom is -0.494 e. The van der Waals surface area contributed by atoms with Crippen molar-refractivity contribution in [3.05, 3.63) is 29.8 Å². The third-order valence-corrected chi connectivity index (χ3v) is 4.01. The molecule has 1 saturated carbocycles. The molecule has 0 amide bonds. The molecule has 2 rings (SSSR count). The molecule has 3 unspecified atom stereocenters. The van der Waals surface area contributed by atoms with Crippen LogP contribution in [-0.2, 0) is 0 Å². The highest BCUT2D eigenvalue weighted by atomic mass is 16.5. The van der Waals surface area contributed by atoms with Gasteiger partial charge in [0, 0.05) is 17.6 Å². The SMILES string of the molecule is CCOc1ccccc1C(C)NC1CCCC1C. The molecule has 1 fully saturated rings. The van der Waals surface area contributed by atoms with Gasteiger partial charge in [-0.1, -0.05) is 31.5 Å². The van der Waals surface area contributed by atoms with Gasteiger partial charge in [-0.05, 0) is 38.7 Å². The number of nitrogens with one attached hydrogen (secondary N) is 1. The zero-order chi connectivity index (χ0) is 13.0. The first kappa shape index (κ1) is 13.4. The maximum absolute atomic E-state index is 5.71. The van der Waals surface area contributed by atoms with Gasteiger partial charge in [-0.3, -0.25) is 0 Å². The van der Waals surface area contributed by atoms with Gasteiger partial charge in [0.25, 0.3) is 0 Å². The average molecular weight is 247 g/mol. The fourth-order valence-electron chi connectivity index (χ4n) is 2.93. The van der Waals surface area contributed by atoms with Crippen molar-refractivity contribution in [2.75, 3.05) is 6.61 Å².